The molecule has 0 bridgehead atoms. The van der Waals surface area contributed by atoms with Crippen LogP contribution in [0.3, 0.4) is 0 Å². The van der Waals surface area contributed by atoms with Crippen molar-refractivity contribution < 1.29 is 18.7 Å². The van der Waals surface area contributed by atoms with Gasteiger partial charge in [0.15, 0.2) is 0 Å². The molecule has 0 spiro atoms. The van der Waals surface area contributed by atoms with E-state index >= 15 is 0 Å². The lowest BCUT2D eigenvalue weighted by atomic mass is 10.1. The Bertz CT molecular complexity index is 1010. The molecule has 0 radical (unpaired) electrons. The lowest BCUT2D eigenvalue weighted by Gasteiger charge is -2.13. The van der Waals surface area contributed by atoms with E-state index in [0.717, 1.165) is 0 Å². The summed E-state index contributed by atoms with van der Waals surface area (Å²) < 4.78 is 16.3. The number of ether oxygens (including phenoxy) is 2. The van der Waals surface area contributed by atoms with Crippen LogP contribution in [0.2, 0.25) is 0 Å². The first-order valence-electron chi connectivity index (χ1n) is 7.29. The van der Waals surface area contributed by atoms with E-state index in [9.17, 15) is 9.59 Å². The summed E-state index contributed by atoms with van der Waals surface area (Å²) in [6, 6.07) is 11.7. The quantitative estimate of drug-likeness (QED) is 0.669. The molecule has 0 saturated carbocycles. The average molecular weight is 404 g/mol. The van der Waals surface area contributed by atoms with Crippen LogP contribution in [0.5, 0.6) is 11.5 Å². The number of hydrogen-bond donors (Lipinski definition) is 1. The summed E-state index contributed by atoms with van der Waals surface area (Å²) in [6.45, 7) is 0. The van der Waals surface area contributed by atoms with Crippen LogP contribution in [-0.4, -0.2) is 20.1 Å². The molecule has 0 unspecified atom stereocenters. The van der Waals surface area contributed by atoms with Crippen molar-refractivity contribution in [2.75, 3.05) is 19.5 Å². The molecule has 6 nitrogen and oxygen atoms in total. The Balaban J connectivity index is 2.00. The summed E-state index contributed by atoms with van der Waals surface area (Å²) in [4.78, 5) is 24.7. The van der Waals surface area contributed by atoms with Gasteiger partial charge in [-0.1, -0.05) is 18.2 Å². The molecule has 3 rings (SSSR count). The van der Waals surface area contributed by atoms with Crippen molar-refractivity contribution in [3.63, 3.8) is 0 Å². The standard InChI is InChI=1S/C18H14BrNO5/c1-23-15-9-13(16(24-2)8-12(15)19)20-17(21)11-7-10-5-3-4-6-14(10)25-18(11)22/h3-9H,1-2H3,(H,20,21). The van der Waals surface area contributed by atoms with Crippen LogP contribution in [0.15, 0.2) is 56.1 Å². The number of rotatable bonds is 4. The Morgan fingerprint density at radius 1 is 1.08 bits per heavy atom. The van der Waals surface area contributed by atoms with E-state index in [-0.39, 0.29) is 5.56 Å². The fourth-order valence-corrected chi connectivity index (χ4v) is 2.85. The van der Waals surface area contributed by atoms with Gasteiger partial charge in [-0.2, -0.15) is 0 Å². The van der Waals surface area contributed by atoms with Crippen molar-refractivity contribution in [2.45, 2.75) is 0 Å². The van der Waals surface area contributed by atoms with Gasteiger partial charge in [0.05, 0.1) is 24.4 Å². The molecule has 0 fully saturated rings. The molecule has 0 aliphatic carbocycles. The third-order valence-corrected chi connectivity index (χ3v) is 4.23. The van der Waals surface area contributed by atoms with E-state index in [1.54, 1.807) is 36.4 Å². The van der Waals surface area contributed by atoms with Gasteiger partial charge in [0.1, 0.15) is 22.6 Å². The Morgan fingerprint density at radius 3 is 2.52 bits per heavy atom. The average Bonchev–Trinajstić information content (AvgIpc) is 2.62. The van der Waals surface area contributed by atoms with Crippen LogP contribution in [0, 0.1) is 0 Å². The van der Waals surface area contributed by atoms with Gasteiger partial charge in [-0.15, -0.1) is 0 Å². The number of methoxy groups -OCH3 is 2. The molecule has 3 aromatic rings. The maximum atomic E-state index is 12.6. The topological polar surface area (TPSA) is 77.8 Å². The highest BCUT2D eigenvalue weighted by molar-refractivity contribution is 9.10. The molecule has 1 amide bonds. The predicted octanol–water partition coefficient (Wildman–Crippen LogP) is 3.83. The molecular formula is C18H14BrNO5. The number of carbonyl (C=O) groups is 1. The van der Waals surface area contributed by atoms with Gasteiger partial charge < -0.3 is 19.2 Å². The van der Waals surface area contributed by atoms with E-state index in [1.165, 1.54) is 20.3 Å². The van der Waals surface area contributed by atoms with Gasteiger partial charge >= 0.3 is 5.63 Å². The fraction of sp³-hybridized carbons (Fsp3) is 0.111. The number of carbonyl (C=O) groups excluding carboxylic acids is 1. The number of para-hydroxylation sites is 1. The van der Waals surface area contributed by atoms with Crippen molar-refractivity contribution in [3.05, 3.63) is 62.9 Å². The highest BCUT2D eigenvalue weighted by atomic mass is 79.9. The third kappa shape index (κ3) is 3.36. The van der Waals surface area contributed by atoms with Gasteiger partial charge in [-0.3, -0.25) is 4.79 Å². The molecule has 7 heteroatoms. The second kappa shape index (κ2) is 6.98. The van der Waals surface area contributed by atoms with Gasteiger partial charge in [0.2, 0.25) is 0 Å². The first-order valence-corrected chi connectivity index (χ1v) is 8.08. The van der Waals surface area contributed by atoms with Crippen molar-refractivity contribution >= 4 is 38.5 Å². The molecule has 0 aliphatic heterocycles. The number of anilines is 1. The SMILES string of the molecule is COc1cc(NC(=O)c2cc3ccccc3oc2=O)c(OC)cc1Br. The minimum Gasteiger partial charge on any atom is -0.495 e. The van der Waals surface area contributed by atoms with Crippen molar-refractivity contribution in [2.24, 2.45) is 0 Å². The van der Waals surface area contributed by atoms with E-state index < -0.39 is 11.5 Å². The van der Waals surface area contributed by atoms with Crippen molar-refractivity contribution in [3.8, 4) is 11.5 Å². The Labute approximate surface area is 151 Å². The molecule has 0 aliphatic rings. The zero-order chi connectivity index (χ0) is 18.0. The summed E-state index contributed by atoms with van der Waals surface area (Å²) in [5, 5.41) is 3.32. The summed E-state index contributed by atoms with van der Waals surface area (Å²) >= 11 is 3.35. The number of amides is 1. The number of nitrogens with one attached hydrogen (secondary N) is 1. The first kappa shape index (κ1) is 17.0. The second-order valence-electron chi connectivity index (χ2n) is 5.13. The van der Waals surface area contributed by atoms with Gasteiger partial charge in [-0.25, -0.2) is 4.79 Å². The van der Waals surface area contributed by atoms with Gasteiger partial charge in [0, 0.05) is 17.5 Å². The van der Waals surface area contributed by atoms with E-state index in [4.69, 9.17) is 13.9 Å². The molecule has 0 atom stereocenters. The fourth-order valence-electron chi connectivity index (χ4n) is 2.37. The summed E-state index contributed by atoms with van der Waals surface area (Å²) in [6.07, 6.45) is 0. The number of benzene rings is 2. The summed E-state index contributed by atoms with van der Waals surface area (Å²) in [7, 11) is 2.99. The zero-order valence-corrected chi connectivity index (χ0v) is 15.0. The lowest BCUT2D eigenvalue weighted by Crippen LogP contribution is -2.21. The third-order valence-electron chi connectivity index (χ3n) is 3.61. The predicted molar refractivity (Wildman–Crippen MR) is 97.7 cm³/mol. The van der Waals surface area contributed by atoms with Crippen molar-refractivity contribution in [1.82, 2.24) is 0 Å². The molecule has 0 saturated heterocycles. The monoisotopic (exact) mass is 403 g/mol. The molecule has 25 heavy (non-hydrogen) atoms. The highest BCUT2D eigenvalue weighted by Crippen LogP contribution is 2.36. The van der Waals surface area contributed by atoms with Gasteiger partial charge in [-0.05, 0) is 28.1 Å². The number of fused-ring (bicyclic) bond motifs is 1. The van der Waals surface area contributed by atoms with E-state index in [2.05, 4.69) is 21.2 Å². The van der Waals surface area contributed by atoms with Gasteiger partial charge in [0.25, 0.3) is 5.91 Å². The molecular weight excluding hydrogens is 390 g/mol. The minimum absolute atomic E-state index is 0.0948. The molecule has 1 heterocycles. The maximum absolute atomic E-state index is 12.6. The molecule has 1 N–H and O–H groups in total. The van der Waals surface area contributed by atoms with Crippen LogP contribution in [-0.2, 0) is 0 Å². The van der Waals surface area contributed by atoms with E-state index in [1.807, 2.05) is 0 Å². The Hall–Kier alpha value is -2.80. The van der Waals surface area contributed by atoms with Crippen LogP contribution in [0.25, 0.3) is 11.0 Å². The summed E-state index contributed by atoms with van der Waals surface area (Å²) in [5.74, 6) is 0.343. The lowest BCUT2D eigenvalue weighted by molar-refractivity contribution is 0.102. The Kier molecular flexibility index (Phi) is 4.76. The minimum atomic E-state index is -0.709. The molecule has 1 aromatic heterocycles. The normalized spacial score (nSPS) is 10.5. The van der Waals surface area contributed by atoms with Crippen molar-refractivity contribution in [1.29, 1.82) is 0 Å². The summed E-state index contributed by atoms with van der Waals surface area (Å²) in [5.41, 5.74) is -0.00562. The van der Waals surface area contributed by atoms with Crippen LogP contribution in [0.1, 0.15) is 10.4 Å². The second-order valence-corrected chi connectivity index (χ2v) is 5.98. The zero-order valence-electron chi connectivity index (χ0n) is 13.5. The largest absolute Gasteiger partial charge is 0.495 e. The van der Waals surface area contributed by atoms with E-state index in [0.29, 0.717) is 32.6 Å². The Morgan fingerprint density at radius 2 is 1.80 bits per heavy atom. The first-order chi connectivity index (χ1) is 12.0. The van der Waals surface area contributed by atoms with Crippen LogP contribution < -0.4 is 20.4 Å². The smallest absolute Gasteiger partial charge is 0.349 e. The molecule has 2 aromatic carbocycles. The number of hydrogen-bond acceptors (Lipinski definition) is 5. The number of halogens is 1. The maximum Gasteiger partial charge on any atom is 0.349 e. The highest BCUT2D eigenvalue weighted by Gasteiger charge is 2.17. The molecule has 128 valence electrons. The van der Waals surface area contributed by atoms with Crippen LogP contribution >= 0.6 is 15.9 Å². The van der Waals surface area contributed by atoms with Crippen LogP contribution in [0.4, 0.5) is 5.69 Å².